The lowest BCUT2D eigenvalue weighted by molar-refractivity contribution is 0.401. The zero-order chi connectivity index (χ0) is 10.9. The van der Waals surface area contributed by atoms with E-state index in [0.29, 0.717) is 11.3 Å². The summed E-state index contributed by atoms with van der Waals surface area (Å²) in [5, 5.41) is 5.08. The fourth-order valence-electron chi connectivity index (χ4n) is 1.43. The minimum absolute atomic E-state index is 0.0607. The van der Waals surface area contributed by atoms with Crippen molar-refractivity contribution in [3.8, 4) is 5.75 Å². The largest absolute Gasteiger partial charge is 0.495 e. The fraction of sp³-hybridized carbons (Fsp3) is 0.333. The summed E-state index contributed by atoms with van der Waals surface area (Å²) in [4.78, 5) is 0.0607. The molecule has 0 fully saturated rings. The predicted molar refractivity (Wildman–Crippen MR) is 53.8 cm³/mol. The van der Waals surface area contributed by atoms with E-state index in [2.05, 4.69) is 0 Å². The molecule has 0 heterocycles. The van der Waals surface area contributed by atoms with Crippen molar-refractivity contribution in [1.82, 2.24) is 0 Å². The first-order valence-corrected chi connectivity index (χ1v) is 5.59. The minimum atomic E-state index is -3.72. The summed E-state index contributed by atoms with van der Waals surface area (Å²) in [5.74, 6) is 0.296. The number of benzene rings is 1. The van der Waals surface area contributed by atoms with Crippen LogP contribution < -0.4 is 9.88 Å². The smallest absolute Gasteiger partial charge is 0.242 e. The number of nitrogens with two attached hydrogens (primary N) is 1. The molecule has 0 amide bonds. The van der Waals surface area contributed by atoms with Crippen molar-refractivity contribution in [2.75, 3.05) is 7.11 Å². The van der Waals surface area contributed by atoms with Crippen molar-refractivity contribution >= 4 is 10.0 Å². The SMILES string of the molecule is COc1cc(C)cc(C)c1S(N)(=O)=O. The van der Waals surface area contributed by atoms with Gasteiger partial charge in [-0.2, -0.15) is 0 Å². The summed E-state index contributed by atoms with van der Waals surface area (Å²) in [7, 11) is -2.30. The highest BCUT2D eigenvalue weighted by atomic mass is 32.2. The van der Waals surface area contributed by atoms with E-state index in [1.54, 1.807) is 19.1 Å². The van der Waals surface area contributed by atoms with Gasteiger partial charge < -0.3 is 4.74 Å². The Morgan fingerprint density at radius 1 is 1.29 bits per heavy atom. The van der Waals surface area contributed by atoms with Crippen LogP contribution in [0.2, 0.25) is 0 Å². The maximum Gasteiger partial charge on any atom is 0.242 e. The van der Waals surface area contributed by atoms with E-state index in [9.17, 15) is 8.42 Å². The summed E-state index contributed by atoms with van der Waals surface area (Å²) in [6.07, 6.45) is 0. The van der Waals surface area contributed by atoms with Crippen LogP contribution in [0.1, 0.15) is 11.1 Å². The average Bonchev–Trinajstić information content (AvgIpc) is 1.99. The van der Waals surface area contributed by atoms with E-state index < -0.39 is 10.0 Å². The summed E-state index contributed by atoms with van der Waals surface area (Å²) >= 11 is 0. The van der Waals surface area contributed by atoms with Crippen LogP contribution in [0.25, 0.3) is 0 Å². The number of sulfonamides is 1. The molecular formula is C9H13NO3S. The fourth-order valence-corrected chi connectivity index (χ4v) is 2.36. The van der Waals surface area contributed by atoms with Crippen LogP contribution >= 0.6 is 0 Å². The topological polar surface area (TPSA) is 69.4 Å². The second-order valence-electron chi connectivity index (χ2n) is 3.16. The van der Waals surface area contributed by atoms with Gasteiger partial charge in [0, 0.05) is 0 Å². The van der Waals surface area contributed by atoms with E-state index in [1.165, 1.54) is 7.11 Å². The molecule has 0 saturated heterocycles. The van der Waals surface area contributed by atoms with E-state index in [0.717, 1.165) is 5.56 Å². The number of aryl methyl sites for hydroxylation is 2. The Bertz CT molecular complexity index is 451. The molecule has 0 aromatic heterocycles. The lowest BCUT2D eigenvalue weighted by atomic mass is 10.1. The highest BCUT2D eigenvalue weighted by Crippen LogP contribution is 2.27. The van der Waals surface area contributed by atoms with Crippen molar-refractivity contribution in [2.45, 2.75) is 18.7 Å². The van der Waals surface area contributed by atoms with Crippen LogP contribution in [0.5, 0.6) is 5.75 Å². The number of hydrogen-bond acceptors (Lipinski definition) is 3. The summed E-state index contributed by atoms with van der Waals surface area (Å²) in [5.41, 5.74) is 1.54. The molecule has 0 atom stereocenters. The van der Waals surface area contributed by atoms with Crippen molar-refractivity contribution in [3.05, 3.63) is 23.3 Å². The molecular weight excluding hydrogens is 202 g/mol. The number of ether oxygens (including phenoxy) is 1. The third-order valence-corrected chi connectivity index (χ3v) is 2.98. The normalized spacial score (nSPS) is 11.4. The molecule has 0 aliphatic rings. The third-order valence-electron chi connectivity index (χ3n) is 1.89. The second-order valence-corrected chi connectivity index (χ2v) is 4.66. The van der Waals surface area contributed by atoms with Crippen LogP contribution in [0.3, 0.4) is 0 Å². The molecule has 14 heavy (non-hydrogen) atoms. The predicted octanol–water partition coefficient (Wildman–Crippen LogP) is 0.959. The molecule has 0 radical (unpaired) electrons. The number of rotatable bonds is 2. The molecule has 0 aliphatic carbocycles. The van der Waals surface area contributed by atoms with Gasteiger partial charge in [0.25, 0.3) is 0 Å². The molecule has 0 unspecified atom stereocenters. The van der Waals surface area contributed by atoms with Gasteiger partial charge in [0.05, 0.1) is 7.11 Å². The van der Waals surface area contributed by atoms with Gasteiger partial charge in [-0.25, -0.2) is 13.6 Å². The van der Waals surface area contributed by atoms with Gasteiger partial charge >= 0.3 is 0 Å². The zero-order valence-electron chi connectivity index (χ0n) is 8.37. The van der Waals surface area contributed by atoms with E-state index >= 15 is 0 Å². The number of methoxy groups -OCH3 is 1. The lowest BCUT2D eigenvalue weighted by Gasteiger charge is -2.10. The highest BCUT2D eigenvalue weighted by Gasteiger charge is 2.17. The van der Waals surface area contributed by atoms with Crippen LogP contribution in [-0.2, 0) is 10.0 Å². The third kappa shape index (κ3) is 2.05. The summed E-state index contributed by atoms with van der Waals surface area (Å²) in [6, 6.07) is 3.40. The number of hydrogen-bond donors (Lipinski definition) is 1. The Morgan fingerprint density at radius 3 is 2.29 bits per heavy atom. The molecule has 5 heteroatoms. The Morgan fingerprint density at radius 2 is 1.86 bits per heavy atom. The van der Waals surface area contributed by atoms with E-state index in [1.807, 2.05) is 6.92 Å². The average molecular weight is 215 g/mol. The first kappa shape index (κ1) is 11.0. The maximum atomic E-state index is 11.2. The summed E-state index contributed by atoms with van der Waals surface area (Å²) in [6.45, 7) is 3.55. The monoisotopic (exact) mass is 215 g/mol. The summed E-state index contributed by atoms with van der Waals surface area (Å²) < 4.78 is 27.5. The van der Waals surface area contributed by atoms with Gasteiger partial charge in [0.2, 0.25) is 10.0 Å². The maximum absolute atomic E-state index is 11.2. The van der Waals surface area contributed by atoms with Crippen molar-refractivity contribution < 1.29 is 13.2 Å². The Balaban J connectivity index is 3.57. The molecule has 1 aromatic carbocycles. The quantitative estimate of drug-likeness (QED) is 0.798. The molecule has 0 bridgehead atoms. The molecule has 0 spiro atoms. The minimum Gasteiger partial charge on any atom is -0.495 e. The first-order valence-electron chi connectivity index (χ1n) is 4.04. The Hall–Kier alpha value is -1.07. The number of primary sulfonamides is 1. The van der Waals surface area contributed by atoms with Crippen molar-refractivity contribution in [3.63, 3.8) is 0 Å². The second kappa shape index (κ2) is 3.59. The van der Waals surface area contributed by atoms with Crippen LogP contribution in [0.15, 0.2) is 17.0 Å². The Kier molecular flexibility index (Phi) is 2.82. The van der Waals surface area contributed by atoms with Crippen LogP contribution in [0.4, 0.5) is 0 Å². The van der Waals surface area contributed by atoms with Crippen molar-refractivity contribution in [2.24, 2.45) is 5.14 Å². The Labute approximate surface area is 83.7 Å². The van der Waals surface area contributed by atoms with Crippen LogP contribution in [0, 0.1) is 13.8 Å². The van der Waals surface area contributed by atoms with Gasteiger partial charge in [-0.15, -0.1) is 0 Å². The first-order chi connectivity index (χ1) is 6.36. The lowest BCUT2D eigenvalue weighted by Crippen LogP contribution is -2.15. The van der Waals surface area contributed by atoms with Crippen LogP contribution in [-0.4, -0.2) is 15.5 Å². The van der Waals surface area contributed by atoms with Crippen molar-refractivity contribution in [1.29, 1.82) is 0 Å². The zero-order valence-corrected chi connectivity index (χ0v) is 9.18. The molecule has 1 aromatic rings. The van der Waals surface area contributed by atoms with Gasteiger partial charge in [-0.3, -0.25) is 0 Å². The molecule has 1 rings (SSSR count). The van der Waals surface area contributed by atoms with E-state index in [-0.39, 0.29) is 4.90 Å². The molecule has 0 saturated carbocycles. The molecule has 2 N–H and O–H groups in total. The molecule has 78 valence electrons. The highest BCUT2D eigenvalue weighted by molar-refractivity contribution is 7.89. The molecule has 0 aliphatic heterocycles. The van der Waals surface area contributed by atoms with Gasteiger partial charge in [0.15, 0.2) is 0 Å². The molecule has 4 nitrogen and oxygen atoms in total. The van der Waals surface area contributed by atoms with E-state index in [4.69, 9.17) is 9.88 Å². The standard InChI is InChI=1S/C9H13NO3S/c1-6-4-7(2)9(14(10,11)12)8(5-6)13-3/h4-5H,1-3H3,(H2,10,11,12). The van der Waals surface area contributed by atoms with Gasteiger partial charge in [-0.05, 0) is 31.0 Å². The van der Waals surface area contributed by atoms with Gasteiger partial charge in [0.1, 0.15) is 10.6 Å². The van der Waals surface area contributed by atoms with Gasteiger partial charge in [-0.1, -0.05) is 6.07 Å².